The van der Waals surface area contributed by atoms with E-state index in [0.717, 1.165) is 17.9 Å². The summed E-state index contributed by atoms with van der Waals surface area (Å²) in [5, 5.41) is 0. The van der Waals surface area contributed by atoms with E-state index < -0.39 is 0 Å². The van der Waals surface area contributed by atoms with Crippen molar-refractivity contribution in [2.75, 3.05) is 17.2 Å². The molecule has 0 radical (unpaired) electrons. The molecule has 2 rings (SSSR count). The maximum absolute atomic E-state index is 6.06. The predicted octanol–water partition coefficient (Wildman–Crippen LogP) is 4.30. The van der Waals surface area contributed by atoms with Crippen LogP contribution in [0.15, 0.2) is 23.1 Å². The summed E-state index contributed by atoms with van der Waals surface area (Å²) in [6.07, 6.45) is 1.30. The summed E-state index contributed by atoms with van der Waals surface area (Å²) in [5.41, 5.74) is 8.34. The quantitative estimate of drug-likeness (QED) is 0.661. The molecule has 0 amide bonds. The van der Waals surface area contributed by atoms with E-state index in [1.165, 1.54) is 17.0 Å². The number of thiocarbonyl (C=S) groups is 1. The number of piperidine rings is 1. The number of nitrogens with zero attached hydrogens (tertiary/aromatic N) is 1. The van der Waals surface area contributed by atoms with Gasteiger partial charge in [0.1, 0.15) is 4.99 Å². The lowest BCUT2D eigenvalue weighted by Crippen LogP contribution is -2.46. The summed E-state index contributed by atoms with van der Waals surface area (Å²) in [4.78, 5) is 4.23. The molecule has 0 saturated carbocycles. The molecule has 1 aromatic carbocycles. The summed E-state index contributed by atoms with van der Waals surface area (Å²) < 4.78 is 0. The van der Waals surface area contributed by atoms with Crippen molar-refractivity contribution < 1.29 is 0 Å². The van der Waals surface area contributed by atoms with Crippen molar-refractivity contribution in [1.82, 2.24) is 0 Å². The van der Waals surface area contributed by atoms with E-state index in [1.807, 2.05) is 11.8 Å². The van der Waals surface area contributed by atoms with Crippen molar-refractivity contribution in [3.8, 4) is 0 Å². The maximum atomic E-state index is 6.06. The Morgan fingerprint density at radius 3 is 2.71 bits per heavy atom. The Kier molecular flexibility index (Phi) is 5.55. The van der Waals surface area contributed by atoms with Gasteiger partial charge < -0.3 is 10.6 Å². The van der Waals surface area contributed by atoms with E-state index in [2.05, 4.69) is 50.8 Å². The van der Waals surface area contributed by atoms with Crippen LogP contribution in [0.5, 0.6) is 0 Å². The molecular formula is C17H26N2S2. The van der Waals surface area contributed by atoms with Gasteiger partial charge in [-0.2, -0.15) is 0 Å². The molecule has 116 valence electrons. The zero-order valence-corrected chi connectivity index (χ0v) is 15.1. The van der Waals surface area contributed by atoms with Gasteiger partial charge in [0.25, 0.3) is 0 Å². The first-order valence-electron chi connectivity index (χ1n) is 7.77. The van der Waals surface area contributed by atoms with Crippen molar-refractivity contribution in [3.63, 3.8) is 0 Å². The van der Waals surface area contributed by atoms with Crippen LogP contribution in [0.3, 0.4) is 0 Å². The Hall–Kier alpha value is -0.740. The number of hydrogen-bond acceptors (Lipinski definition) is 3. The molecule has 0 bridgehead atoms. The molecule has 1 aliphatic heterocycles. The Morgan fingerprint density at radius 1 is 1.38 bits per heavy atom. The van der Waals surface area contributed by atoms with Crippen molar-refractivity contribution in [2.45, 2.75) is 45.1 Å². The van der Waals surface area contributed by atoms with Crippen LogP contribution >= 0.6 is 24.0 Å². The van der Waals surface area contributed by atoms with Gasteiger partial charge in [-0.1, -0.05) is 39.1 Å². The number of benzene rings is 1. The topological polar surface area (TPSA) is 29.3 Å². The number of anilines is 1. The third-order valence-electron chi connectivity index (χ3n) is 4.46. The zero-order chi connectivity index (χ0) is 15.6. The van der Waals surface area contributed by atoms with Crippen molar-refractivity contribution in [1.29, 1.82) is 0 Å². The van der Waals surface area contributed by atoms with Crippen LogP contribution in [0.25, 0.3) is 0 Å². The van der Waals surface area contributed by atoms with Gasteiger partial charge in [-0.3, -0.25) is 0 Å². The monoisotopic (exact) mass is 322 g/mol. The Morgan fingerprint density at radius 2 is 2.10 bits per heavy atom. The number of hydrogen-bond donors (Lipinski definition) is 1. The number of thioether (sulfide) groups is 1. The van der Waals surface area contributed by atoms with Crippen molar-refractivity contribution >= 4 is 34.7 Å². The second-order valence-electron chi connectivity index (χ2n) is 6.16. The fourth-order valence-corrected chi connectivity index (χ4v) is 4.44. The van der Waals surface area contributed by atoms with Crippen LogP contribution in [0.4, 0.5) is 5.69 Å². The lowest BCUT2D eigenvalue weighted by Gasteiger charge is -2.43. The first kappa shape index (κ1) is 16.6. The highest BCUT2D eigenvalue weighted by atomic mass is 32.2. The first-order valence-corrected chi connectivity index (χ1v) is 9.17. The van der Waals surface area contributed by atoms with E-state index in [9.17, 15) is 0 Å². The Bertz CT molecular complexity index is 516. The molecule has 2 N–H and O–H groups in total. The molecule has 1 aliphatic rings. The average Bonchev–Trinajstić information content (AvgIpc) is 2.42. The zero-order valence-electron chi connectivity index (χ0n) is 13.4. The van der Waals surface area contributed by atoms with Crippen LogP contribution in [0.2, 0.25) is 0 Å². The molecule has 2 nitrogen and oxygen atoms in total. The fourth-order valence-electron chi connectivity index (χ4n) is 3.32. The van der Waals surface area contributed by atoms with Crippen LogP contribution in [-0.4, -0.2) is 23.3 Å². The Labute approximate surface area is 138 Å². The van der Waals surface area contributed by atoms with Crippen LogP contribution in [-0.2, 0) is 0 Å². The molecule has 1 fully saturated rings. The summed E-state index contributed by atoms with van der Waals surface area (Å²) in [7, 11) is 0. The smallest absolute Gasteiger partial charge is 0.107 e. The highest BCUT2D eigenvalue weighted by molar-refractivity contribution is 7.99. The SMILES string of the molecule is CCSc1cccc(N2CC(C)CC(C)C2C)c1C(N)=S. The van der Waals surface area contributed by atoms with Gasteiger partial charge in [-0.05, 0) is 43.1 Å². The average molecular weight is 323 g/mol. The van der Waals surface area contributed by atoms with Gasteiger partial charge in [0.15, 0.2) is 0 Å². The third-order valence-corrected chi connectivity index (χ3v) is 5.60. The second-order valence-corrected chi connectivity index (χ2v) is 7.90. The molecular weight excluding hydrogens is 296 g/mol. The van der Waals surface area contributed by atoms with Crippen LogP contribution in [0.1, 0.15) is 39.7 Å². The maximum Gasteiger partial charge on any atom is 0.107 e. The van der Waals surface area contributed by atoms with Gasteiger partial charge in [0.2, 0.25) is 0 Å². The highest BCUT2D eigenvalue weighted by Gasteiger charge is 2.30. The molecule has 1 saturated heterocycles. The van der Waals surface area contributed by atoms with Gasteiger partial charge in [0, 0.05) is 28.7 Å². The standard InChI is InChI=1S/C17H26N2S2/c1-5-21-15-8-6-7-14(16(15)17(18)20)19-10-11(2)9-12(3)13(19)4/h6-8,11-13H,5,9-10H2,1-4H3,(H2,18,20). The van der Waals surface area contributed by atoms with E-state index in [0.29, 0.717) is 22.9 Å². The summed E-state index contributed by atoms with van der Waals surface area (Å²) in [6.45, 7) is 10.2. The largest absolute Gasteiger partial charge is 0.389 e. The highest BCUT2D eigenvalue weighted by Crippen LogP contribution is 2.36. The molecule has 0 aromatic heterocycles. The third kappa shape index (κ3) is 3.54. The van der Waals surface area contributed by atoms with E-state index >= 15 is 0 Å². The Balaban J connectivity index is 2.47. The lowest BCUT2D eigenvalue weighted by atomic mass is 9.85. The molecule has 0 aliphatic carbocycles. The van der Waals surface area contributed by atoms with Gasteiger partial charge in [-0.15, -0.1) is 11.8 Å². The normalized spacial score (nSPS) is 25.9. The molecule has 3 atom stereocenters. The lowest BCUT2D eigenvalue weighted by molar-refractivity contribution is 0.297. The van der Waals surface area contributed by atoms with E-state index in [1.54, 1.807) is 0 Å². The van der Waals surface area contributed by atoms with Gasteiger partial charge in [-0.25, -0.2) is 0 Å². The van der Waals surface area contributed by atoms with Gasteiger partial charge >= 0.3 is 0 Å². The minimum atomic E-state index is 0.514. The van der Waals surface area contributed by atoms with E-state index in [-0.39, 0.29) is 0 Å². The molecule has 1 aromatic rings. The first-order chi connectivity index (χ1) is 9.95. The minimum absolute atomic E-state index is 0.514. The number of nitrogens with two attached hydrogens (primary N) is 1. The fraction of sp³-hybridized carbons (Fsp3) is 0.588. The van der Waals surface area contributed by atoms with Gasteiger partial charge in [0.05, 0.1) is 0 Å². The van der Waals surface area contributed by atoms with Crippen LogP contribution < -0.4 is 10.6 Å². The summed E-state index contributed by atoms with van der Waals surface area (Å²) in [5.74, 6) is 2.43. The molecule has 21 heavy (non-hydrogen) atoms. The predicted molar refractivity (Wildman–Crippen MR) is 98.5 cm³/mol. The molecule has 4 heteroatoms. The molecule has 1 heterocycles. The van der Waals surface area contributed by atoms with Crippen LogP contribution in [0, 0.1) is 11.8 Å². The summed E-state index contributed by atoms with van der Waals surface area (Å²) in [6, 6.07) is 6.96. The second kappa shape index (κ2) is 7.01. The van der Waals surface area contributed by atoms with Crippen molar-refractivity contribution in [3.05, 3.63) is 23.8 Å². The molecule has 0 spiro atoms. The number of rotatable bonds is 4. The summed E-state index contributed by atoms with van der Waals surface area (Å²) >= 11 is 7.17. The van der Waals surface area contributed by atoms with Crippen molar-refractivity contribution in [2.24, 2.45) is 17.6 Å². The molecule has 3 unspecified atom stereocenters. The minimum Gasteiger partial charge on any atom is -0.389 e. The van der Waals surface area contributed by atoms with E-state index in [4.69, 9.17) is 18.0 Å².